The highest BCUT2D eigenvalue weighted by atomic mass is 35.5. The van der Waals surface area contributed by atoms with Crippen molar-refractivity contribution in [3.63, 3.8) is 0 Å². The monoisotopic (exact) mass is 493 g/mol. The normalized spacial score (nSPS) is 11.9. The highest BCUT2D eigenvalue weighted by Gasteiger charge is 2.17. The molecule has 8 rings (SSSR count). The first-order valence-electron chi connectivity index (χ1n) is 12.4. The molecular formula is C34H20ClNO. The summed E-state index contributed by atoms with van der Waals surface area (Å²) in [5.41, 5.74) is 7.57. The zero-order valence-corrected chi connectivity index (χ0v) is 20.5. The van der Waals surface area contributed by atoms with E-state index >= 15 is 0 Å². The van der Waals surface area contributed by atoms with E-state index in [-0.39, 0.29) is 0 Å². The van der Waals surface area contributed by atoms with Crippen LogP contribution in [0.4, 0.5) is 0 Å². The number of rotatable bonds is 2. The Morgan fingerprint density at radius 1 is 0.514 bits per heavy atom. The van der Waals surface area contributed by atoms with Gasteiger partial charge < -0.3 is 8.98 Å². The number of furan rings is 1. The molecule has 0 radical (unpaired) electrons. The summed E-state index contributed by atoms with van der Waals surface area (Å²) in [6.45, 7) is 0. The van der Waals surface area contributed by atoms with Crippen molar-refractivity contribution in [1.82, 2.24) is 4.57 Å². The molecule has 2 heterocycles. The largest absolute Gasteiger partial charge is 0.456 e. The van der Waals surface area contributed by atoms with Crippen LogP contribution in [0.15, 0.2) is 126 Å². The van der Waals surface area contributed by atoms with E-state index in [2.05, 4.69) is 114 Å². The summed E-state index contributed by atoms with van der Waals surface area (Å²) in [5.74, 6) is 0. The molecule has 0 spiro atoms. The summed E-state index contributed by atoms with van der Waals surface area (Å²) < 4.78 is 8.68. The van der Waals surface area contributed by atoms with Crippen LogP contribution in [-0.4, -0.2) is 4.57 Å². The molecule has 0 amide bonds. The third-order valence-corrected chi connectivity index (χ3v) is 7.67. The molecular weight excluding hydrogens is 474 g/mol. The molecule has 8 aromatic rings. The average Bonchev–Trinajstić information content (AvgIpc) is 3.47. The molecule has 37 heavy (non-hydrogen) atoms. The summed E-state index contributed by atoms with van der Waals surface area (Å²) in [6.07, 6.45) is 0. The number of hydrogen-bond donors (Lipinski definition) is 0. The summed E-state index contributed by atoms with van der Waals surface area (Å²) >= 11 is 6.28. The lowest BCUT2D eigenvalue weighted by atomic mass is 9.94. The predicted molar refractivity (Wildman–Crippen MR) is 156 cm³/mol. The van der Waals surface area contributed by atoms with E-state index in [4.69, 9.17) is 16.0 Å². The van der Waals surface area contributed by atoms with Gasteiger partial charge in [0.25, 0.3) is 0 Å². The molecule has 0 bridgehead atoms. The SMILES string of the molecule is Clc1ccc2c(c1)oc1cc(-c3ccc4c(c3)c3ccccc3n4-c3ccccc3)c3ccccc3c12. The molecule has 0 N–H and O–H groups in total. The minimum Gasteiger partial charge on any atom is -0.456 e. The topological polar surface area (TPSA) is 18.1 Å². The van der Waals surface area contributed by atoms with Gasteiger partial charge >= 0.3 is 0 Å². The van der Waals surface area contributed by atoms with Crippen molar-refractivity contribution in [1.29, 1.82) is 0 Å². The quantitative estimate of drug-likeness (QED) is 0.234. The van der Waals surface area contributed by atoms with Crippen LogP contribution in [0.3, 0.4) is 0 Å². The van der Waals surface area contributed by atoms with Crippen LogP contribution in [0.25, 0.3) is 71.3 Å². The maximum Gasteiger partial charge on any atom is 0.136 e. The highest BCUT2D eigenvalue weighted by Crippen LogP contribution is 2.42. The number of fused-ring (bicyclic) bond motifs is 8. The third kappa shape index (κ3) is 3.00. The van der Waals surface area contributed by atoms with Crippen LogP contribution in [0.2, 0.25) is 5.02 Å². The van der Waals surface area contributed by atoms with Gasteiger partial charge in [-0.1, -0.05) is 78.3 Å². The first-order chi connectivity index (χ1) is 18.3. The predicted octanol–water partition coefficient (Wildman–Crippen LogP) is 10.2. The maximum absolute atomic E-state index is 6.33. The molecule has 0 aliphatic carbocycles. The van der Waals surface area contributed by atoms with Gasteiger partial charge in [0.1, 0.15) is 11.2 Å². The Bertz CT molecular complexity index is 2150. The second-order valence-corrected chi connectivity index (χ2v) is 9.94. The fraction of sp³-hybridized carbons (Fsp3) is 0. The molecule has 0 saturated carbocycles. The van der Waals surface area contributed by atoms with Gasteiger partial charge in [-0.25, -0.2) is 0 Å². The van der Waals surface area contributed by atoms with Crippen LogP contribution in [0.1, 0.15) is 0 Å². The molecule has 2 nitrogen and oxygen atoms in total. The number of nitrogens with zero attached hydrogens (tertiary/aromatic N) is 1. The van der Waals surface area contributed by atoms with Gasteiger partial charge in [0.2, 0.25) is 0 Å². The Kier molecular flexibility index (Phi) is 4.31. The molecule has 174 valence electrons. The van der Waals surface area contributed by atoms with Crippen molar-refractivity contribution in [3.05, 3.63) is 126 Å². The van der Waals surface area contributed by atoms with Crippen LogP contribution >= 0.6 is 11.6 Å². The van der Waals surface area contributed by atoms with E-state index in [1.807, 2.05) is 12.1 Å². The number of halogens is 1. The Labute approximate surface area is 217 Å². The van der Waals surface area contributed by atoms with Crippen LogP contribution in [0.5, 0.6) is 0 Å². The standard InChI is InChI=1S/C34H20ClNO/c35-22-15-16-27-32(19-22)37-33-20-28(24-10-4-5-12-26(24)34(27)33)21-14-17-31-29(18-21)25-11-6-7-13-30(25)36(31)23-8-2-1-3-9-23/h1-20H. The molecule has 2 aromatic heterocycles. The van der Waals surface area contributed by atoms with E-state index in [1.165, 1.54) is 38.1 Å². The lowest BCUT2D eigenvalue weighted by molar-refractivity contribution is 0.669. The van der Waals surface area contributed by atoms with Crippen LogP contribution < -0.4 is 0 Å². The van der Waals surface area contributed by atoms with Gasteiger partial charge in [-0.2, -0.15) is 0 Å². The van der Waals surface area contributed by atoms with Gasteiger partial charge in [-0.15, -0.1) is 0 Å². The fourth-order valence-corrected chi connectivity index (χ4v) is 6.01. The number of benzene rings is 6. The number of hydrogen-bond acceptors (Lipinski definition) is 1. The smallest absolute Gasteiger partial charge is 0.136 e. The Morgan fingerprint density at radius 2 is 1.24 bits per heavy atom. The van der Waals surface area contributed by atoms with Crippen molar-refractivity contribution in [2.75, 3.05) is 0 Å². The Hall–Kier alpha value is -4.53. The molecule has 0 atom stereocenters. The van der Waals surface area contributed by atoms with Gasteiger partial charge in [-0.05, 0) is 70.4 Å². The Morgan fingerprint density at radius 3 is 2.11 bits per heavy atom. The van der Waals surface area contributed by atoms with Crippen LogP contribution in [0, 0.1) is 0 Å². The van der Waals surface area contributed by atoms with E-state index < -0.39 is 0 Å². The highest BCUT2D eigenvalue weighted by molar-refractivity contribution is 6.32. The zero-order chi connectivity index (χ0) is 24.5. The van der Waals surface area contributed by atoms with Crippen molar-refractivity contribution < 1.29 is 4.42 Å². The van der Waals surface area contributed by atoms with Crippen molar-refractivity contribution >= 4 is 66.1 Å². The minimum absolute atomic E-state index is 0.677. The van der Waals surface area contributed by atoms with E-state index in [0.29, 0.717) is 5.02 Å². The summed E-state index contributed by atoms with van der Waals surface area (Å²) in [7, 11) is 0. The van der Waals surface area contributed by atoms with E-state index in [0.717, 1.165) is 33.2 Å². The zero-order valence-electron chi connectivity index (χ0n) is 19.8. The van der Waals surface area contributed by atoms with Crippen molar-refractivity contribution in [2.45, 2.75) is 0 Å². The van der Waals surface area contributed by atoms with E-state index in [9.17, 15) is 0 Å². The molecule has 0 unspecified atom stereocenters. The molecule has 0 fully saturated rings. The second-order valence-electron chi connectivity index (χ2n) is 9.51. The first-order valence-corrected chi connectivity index (χ1v) is 12.8. The lowest BCUT2D eigenvalue weighted by Gasteiger charge is -2.10. The Balaban J connectivity index is 1.45. The van der Waals surface area contributed by atoms with Gasteiger partial charge in [0, 0.05) is 38.3 Å². The summed E-state index contributed by atoms with van der Waals surface area (Å²) in [5, 5.41) is 7.76. The minimum atomic E-state index is 0.677. The summed E-state index contributed by atoms with van der Waals surface area (Å²) in [6, 6.07) is 42.7. The number of aromatic nitrogens is 1. The molecule has 0 aliphatic rings. The van der Waals surface area contributed by atoms with Gasteiger partial charge in [0.05, 0.1) is 11.0 Å². The third-order valence-electron chi connectivity index (χ3n) is 7.44. The van der Waals surface area contributed by atoms with E-state index in [1.54, 1.807) is 0 Å². The molecule has 3 heteroatoms. The van der Waals surface area contributed by atoms with Crippen LogP contribution in [-0.2, 0) is 0 Å². The van der Waals surface area contributed by atoms with Gasteiger partial charge in [0.15, 0.2) is 0 Å². The summed E-state index contributed by atoms with van der Waals surface area (Å²) in [4.78, 5) is 0. The lowest BCUT2D eigenvalue weighted by Crippen LogP contribution is -1.92. The van der Waals surface area contributed by atoms with Crippen molar-refractivity contribution in [2.24, 2.45) is 0 Å². The number of para-hydroxylation sites is 2. The molecule has 0 saturated heterocycles. The molecule has 0 aliphatic heterocycles. The van der Waals surface area contributed by atoms with Crippen molar-refractivity contribution in [3.8, 4) is 16.8 Å². The first kappa shape index (κ1) is 20.6. The molecule has 6 aromatic carbocycles. The van der Waals surface area contributed by atoms with Gasteiger partial charge in [-0.3, -0.25) is 0 Å². The second kappa shape index (κ2) is 7.73. The fourth-order valence-electron chi connectivity index (χ4n) is 5.85. The average molecular weight is 494 g/mol. The maximum atomic E-state index is 6.33.